The molecule has 0 atom stereocenters. The first kappa shape index (κ1) is 25.0. The third kappa shape index (κ3) is 5.46. The number of rotatable bonds is 5. The van der Waals surface area contributed by atoms with Gasteiger partial charge >= 0.3 is 6.18 Å². The van der Waals surface area contributed by atoms with Gasteiger partial charge in [0.05, 0.1) is 10.5 Å². The molecule has 1 amide bonds. The summed E-state index contributed by atoms with van der Waals surface area (Å²) in [5.74, 6) is 0.0547. The molecule has 32 heavy (non-hydrogen) atoms. The molecule has 0 spiro atoms. The van der Waals surface area contributed by atoms with E-state index in [0.717, 1.165) is 50.4 Å². The van der Waals surface area contributed by atoms with Gasteiger partial charge in [-0.05, 0) is 63.8 Å². The van der Waals surface area contributed by atoms with Crippen LogP contribution in [0.4, 0.5) is 13.2 Å². The van der Waals surface area contributed by atoms with E-state index in [4.69, 9.17) is 0 Å². The molecule has 6 nitrogen and oxygen atoms in total. The third-order valence-electron chi connectivity index (χ3n) is 6.78. The van der Waals surface area contributed by atoms with Crippen LogP contribution in [0.3, 0.4) is 0 Å². The van der Waals surface area contributed by atoms with E-state index in [9.17, 15) is 26.4 Å². The van der Waals surface area contributed by atoms with E-state index in [1.807, 2.05) is 4.90 Å². The Labute approximate surface area is 188 Å². The molecular weight excluding hydrogens is 443 g/mol. The van der Waals surface area contributed by atoms with Gasteiger partial charge in [0.2, 0.25) is 15.9 Å². The molecule has 0 aromatic heterocycles. The Morgan fingerprint density at radius 2 is 1.53 bits per heavy atom. The largest absolute Gasteiger partial charge is 0.416 e. The van der Waals surface area contributed by atoms with Gasteiger partial charge < -0.3 is 4.90 Å². The van der Waals surface area contributed by atoms with Crippen molar-refractivity contribution in [3.8, 4) is 0 Å². The Balaban J connectivity index is 1.57. The zero-order chi connectivity index (χ0) is 23.7. The zero-order valence-electron chi connectivity index (χ0n) is 18.8. The summed E-state index contributed by atoms with van der Waals surface area (Å²) in [5, 5.41) is 0. The lowest BCUT2D eigenvalue weighted by Crippen LogP contribution is -2.52. The molecule has 2 fully saturated rings. The average Bonchev–Trinajstić information content (AvgIpc) is 2.77. The van der Waals surface area contributed by atoms with Crippen LogP contribution in [0, 0.1) is 5.92 Å². The van der Waals surface area contributed by atoms with Crippen LogP contribution in [0.1, 0.15) is 45.1 Å². The number of carbonyl (C=O) groups excluding carboxylic acids is 1. The van der Waals surface area contributed by atoms with Gasteiger partial charge in [-0.2, -0.15) is 17.5 Å². The number of sulfonamides is 1. The van der Waals surface area contributed by atoms with Crippen molar-refractivity contribution in [2.75, 3.05) is 33.2 Å². The number of amides is 1. The maximum absolute atomic E-state index is 12.9. The van der Waals surface area contributed by atoms with Crippen molar-refractivity contribution in [2.24, 2.45) is 5.92 Å². The molecule has 1 aliphatic heterocycles. The molecule has 0 radical (unpaired) electrons. The van der Waals surface area contributed by atoms with Crippen molar-refractivity contribution in [2.45, 2.75) is 62.7 Å². The van der Waals surface area contributed by atoms with Gasteiger partial charge in [0.25, 0.3) is 0 Å². The number of alkyl halides is 3. The fourth-order valence-corrected chi connectivity index (χ4v) is 6.00. The maximum Gasteiger partial charge on any atom is 0.416 e. The van der Waals surface area contributed by atoms with E-state index < -0.39 is 21.8 Å². The lowest BCUT2D eigenvalue weighted by Gasteiger charge is -2.40. The minimum atomic E-state index is -4.51. The van der Waals surface area contributed by atoms with Crippen molar-refractivity contribution >= 4 is 15.9 Å². The number of nitrogens with zero attached hydrogens (tertiary/aromatic N) is 3. The molecule has 1 aliphatic carbocycles. The fourth-order valence-electron chi connectivity index (χ4n) is 4.58. The highest BCUT2D eigenvalue weighted by molar-refractivity contribution is 7.89. The first-order valence-corrected chi connectivity index (χ1v) is 12.5. The summed E-state index contributed by atoms with van der Waals surface area (Å²) in [4.78, 5) is 17.0. The molecule has 180 valence electrons. The van der Waals surface area contributed by atoms with E-state index in [-0.39, 0.29) is 22.8 Å². The quantitative estimate of drug-likeness (QED) is 0.655. The second-order valence-electron chi connectivity index (χ2n) is 9.00. The summed E-state index contributed by atoms with van der Waals surface area (Å²) in [6.07, 6.45) is -2.18. The number of halogens is 3. The fraction of sp³-hybridized carbons (Fsp3) is 0.682. The van der Waals surface area contributed by atoms with Crippen LogP contribution >= 0.6 is 0 Å². The smallest absolute Gasteiger partial charge is 0.340 e. The van der Waals surface area contributed by atoms with Crippen molar-refractivity contribution in [3.05, 3.63) is 29.8 Å². The Morgan fingerprint density at radius 1 is 1.00 bits per heavy atom. The normalized spacial score (nSPS) is 23.7. The molecule has 1 saturated heterocycles. The number of benzene rings is 1. The zero-order valence-corrected chi connectivity index (χ0v) is 19.6. The average molecular weight is 476 g/mol. The van der Waals surface area contributed by atoms with Gasteiger partial charge in [-0.3, -0.25) is 9.69 Å². The molecule has 1 saturated carbocycles. The van der Waals surface area contributed by atoms with Gasteiger partial charge in [-0.1, -0.05) is 0 Å². The van der Waals surface area contributed by atoms with Crippen molar-refractivity contribution < 1.29 is 26.4 Å². The molecule has 0 unspecified atom stereocenters. The Hall–Kier alpha value is -1.65. The highest BCUT2D eigenvalue weighted by atomic mass is 32.2. The maximum atomic E-state index is 12.9. The lowest BCUT2D eigenvalue weighted by atomic mass is 9.85. The minimum Gasteiger partial charge on any atom is -0.340 e. The topological polar surface area (TPSA) is 60.9 Å². The summed E-state index contributed by atoms with van der Waals surface area (Å²) in [7, 11) is -2.45. The van der Waals surface area contributed by atoms with Crippen LogP contribution in [0.25, 0.3) is 0 Å². The lowest BCUT2D eigenvalue weighted by molar-refractivity contribution is -0.139. The Bertz CT molecular complexity index is 887. The summed E-state index contributed by atoms with van der Waals surface area (Å²) in [5.41, 5.74) is -0.882. The van der Waals surface area contributed by atoms with Gasteiger partial charge in [0.15, 0.2) is 0 Å². The predicted octanol–water partition coefficient (Wildman–Crippen LogP) is 3.44. The first-order chi connectivity index (χ1) is 14.9. The van der Waals surface area contributed by atoms with Crippen LogP contribution in [0.15, 0.2) is 29.2 Å². The van der Waals surface area contributed by atoms with Crippen LogP contribution in [0.5, 0.6) is 0 Å². The predicted molar refractivity (Wildman–Crippen MR) is 115 cm³/mol. The minimum absolute atomic E-state index is 0.0981. The van der Waals surface area contributed by atoms with E-state index in [1.165, 1.54) is 11.4 Å². The summed E-state index contributed by atoms with van der Waals surface area (Å²) in [6, 6.07) is 3.76. The molecule has 1 heterocycles. The van der Waals surface area contributed by atoms with Crippen molar-refractivity contribution in [1.82, 2.24) is 14.1 Å². The van der Waals surface area contributed by atoms with Crippen LogP contribution in [-0.2, 0) is 21.0 Å². The summed E-state index contributed by atoms with van der Waals surface area (Å²) >= 11 is 0. The Morgan fingerprint density at radius 3 is 2.00 bits per heavy atom. The number of hydrogen-bond acceptors (Lipinski definition) is 4. The van der Waals surface area contributed by atoms with Crippen molar-refractivity contribution in [3.63, 3.8) is 0 Å². The van der Waals surface area contributed by atoms with Crippen LogP contribution < -0.4 is 0 Å². The molecule has 0 bridgehead atoms. The second-order valence-corrected chi connectivity index (χ2v) is 11.0. The standard InChI is InChI=1S/C22H32F3N3O3S/c1-16(2)27-12-14-28(15-13-27)21(29)17-4-8-19(9-5-17)26(3)32(30,31)20-10-6-18(7-11-20)22(23,24)25/h6-7,10-11,16-17,19H,4-5,8-9,12-15H2,1-3H3/t17-,19-. The monoisotopic (exact) mass is 475 g/mol. The van der Waals surface area contributed by atoms with E-state index in [2.05, 4.69) is 18.7 Å². The van der Waals surface area contributed by atoms with Crippen molar-refractivity contribution in [1.29, 1.82) is 0 Å². The highest BCUT2D eigenvalue weighted by Gasteiger charge is 2.36. The van der Waals surface area contributed by atoms with Gasteiger partial charge in [0, 0.05) is 51.2 Å². The van der Waals surface area contributed by atoms with Crippen LogP contribution in [-0.4, -0.2) is 73.7 Å². The first-order valence-electron chi connectivity index (χ1n) is 11.1. The van der Waals surface area contributed by atoms with E-state index in [0.29, 0.717) is 31.7 Å². The molecule has 3 rings (SSSR count). The van der Waals surface area contributed by atoms with E-state index in [1.54, 1.807) is 0 Å². The molecule has 2 aliphatic rings. The van der Waals surface area contributed by atoms with E-state index >= 15 is 0 Å². The Kier molecular flexibility index (Phi) is 7.56. The molecule has 1 aromatic carbocycles. The highest BCUT2D eigenvalue weighted by Crippen LogP contribution is 2.33. The number of hydrogen-bond donors (Lipinski definition) is 0. The summed E-state index contributed by atoms with van der Waals surface area (Å²) in [6.45, 7) is 7.47. The molecule has 10 heteroatoms. The SMILES string of the molecule is CC(C)N1CCN(C(=O)[C@H]2CC[C@H](N(C)S(=O)(=O)c3ccc(C(F)(F)F)cc3)CC2)CC1. The molecule has 1 aromatic rings. The molecule has 0 N–H and O–H groups in total. The van der Waals surface area contributed by atoms with Crippen LogP contribution in [0.2, 0.25) is 0 Å². The number of piperazine rings is 1. The number of carbonyl (C=O) groups is 1. The van der Waals surface area contributed by atoms with Gasteiger partial charge in [0.1, 0.15) is 0 Å². The van der Waals surface area contributed by atoms with Gasteiger partial charge in [-0.15, -0.1) is 0 Å². The van der Waals surface area contributed by atoms with Gasteiger partial charge in [-0.25, -0.2) is 8.42 Å². The second kappa shape index (κ2) is 9.69. The summed E-state index contributed by atoms with van der Waals surface area (Å²) < 4.78 is 65.3. The molecular formula is C22H32F3N3O3S. The third-order valence-corrected chi connectivity index (χ3v) is 8.70.